The minimum Gasteiger partial charge on any atom is -0.445 e. The Morgan fingerprint density at radius 1 is 1.11 bits per heavy atom. The van der Waals surface area contributed by atoms with Crippen LogP contribution in [0.2, 0.25) is 0 Å². The lowest BCUT2D eigenvalue weighted by Crippen LogP contribution is -2.64. The molecule has 3 saturated carbocycles. The number of hydrogen-bond acceptors (Lipinski definition) is 7. The molecule has 3 aliphatic carbocycles. The van der Waals surface area contributed by atoms with E-state index >= 15 is 0 Å². The summed E-state index contributed by atoms with van der Waals surface area (Å²) >= 11 is 0. The third-order valence-electron chi connectivity index (χ3n) is 12.2. The summed E-state index contributed by atoms with van der Waals surface area (Å²) in [4.78, 5) is 28.7. The van der Waals surface area contributed by atoms with Gasteiger partial charge in [-0.2, -0.15) is 0 Å². The Kier molecular flexibility index (Phi) is 7.21. The molecule has 0 radical (unpaired) electrons. The molecule has 3 unspecified atom stereocenters. The molecule has 5 fully saturated rings. The smallest absolute Gasteiger partial charge is 0.414 e. The van der Waals surface area contributed by atoms with Gasteiger partial charge in [0.25, 0.3) is 0 Å². The Morgan fingerprint density at radius 3 is 2.46 bits per heavy atom. The van der Waals surface area contributed by atoms with Crippen molar-refractivity contribution in [1.29, 1.82) is 0 Å². The molecule has 5 aliphatic rings. The van der Waals surface area contributed by atoms with E-state index in [0.717, 1.165) is 45.2 Å². The third kappa shape index (κ3) is 4.16. The zero-order valence-corrected chi connectivity index (χ0v) is 23.4. The Bertz CT molecular complexity index is 900. The summed E-state index contributed by atoms with van der Waals surface area (Å²) in [6.45, 7) is 11.3. The van der Waals surface area contributed by atoms with Gasteiger partial charge in [-0.25, -0.2) is 4.79 Å². The van der Waals surface area contributed by atoms with Crippen LogP contribution in [0.4, 0.5) is 4.79 Å². The van der Waals surface area contributed by atoms with Gasteiger partial charge in [0.1, 0.15) is 6.10 Å². The summed E-state index contributed by atoms with van der Waals surface area (Å²) in [5.74, 6) is 0.353. The van der Waals surface area contributed by atoms with E-state index in [9.17, 15) is 19.8 Å². The maximum atomic E-state index is 13.3. The van der Waals surface area contributed by atoms with Gasteiger partial charge in [-0.05, 0) is 80.1 Å². The number of carbonyl (C=O) groups excluding carboxylic acids is 2. The number of hydrogen-bond donors (Lipinski definition) is 3. The van der Waals surface area contributed by atoms with Gasteiger partial charge in [-0.15, -0.1) is 0 Å². The minimum absolute atomic E-state index is 0.0310. The number of nitrogens with one attached hydrogen (secondary N) is 1. The molecular weight excluding hydrogens is 472 g/mol. The van der Waals surface area contributed by atoms with Crippen molar-refractivity contribution in [3.8, 4) is 0 Å². The van der Waals surface area contributed by atoms with E-state index in [1.165, 1.54) is 0 Å². The molecule has 3 N–H and O–H groups in total. The second-order valence-corrected chi connectivity index (χ2v) is 13.7. The highest BCUT2D eigenvalue weighted by Crippen LogP contribution is 2.69. The molecule has 0 spiro atoms. The molecule has 2 aliphatic heterocycles. The van der Waals surface area contributed by atoms with Crippen molar-refractivity contribution in [3.63, 3.8) is 0 Å². The normalized spacial score (nSPS) is 50.7. The van der Waals surface area contributed by atoms with Gasteiger partial charge in [0, 0.05) is 38.1 Å². The first-order valence-electron chi connectivity index (χ1n) is 14.6. The average molecular weight is 521 g/mol. The molecular formula is C29H48N2O6. The number of methoxy groups -OCH3 is 1. The van der Waals surface area contributed by atoms with Crippen LogP contribution >= 0.6 is 0 Å². The lowest BCUT2D eigenvalue weighted by molar-refractivity contribution is -0.217. The topological polar surface area (TPSA) is 108 Å². The van der Waals surface area contributed by atoms with Crippen molar-refractivity contribution in [2.24, 2.45) is 45.8 Å². The number of alkyl carbamates (subject to hydrolysis) is 1. The van der Waals surface area contributed by atoms with E-state index in [0.29, 0.717) is 25.3 Å². The molecule has 4 bridgehead atoms. The van der Waals surface area contributed by atoms with Gasteiger partial charge in [0.15, 0.2) is 0 Å². The fraction of sp³-hybridized carbons (Fsp3) is 0.931. The number of fused-ring (bicyclic) bond motifs is 2. The first-order chi connectivity index (χ1) is 17.5. The monoisotopic (exact) mass is 520 g/mol. The Labute approximate surface area is 221 Å². The fourth-order valence-corrected chi connectivity index (χ4v) is 9.81. The van der Waals surface area contributed by atoms with Crippen molar-refractivity contribution in [2.75, 3.05) is 33.4 Å². The number of amides is 2. The zero-order chi connectivity index (χ0) is 26.8. The highest BCUT2D eigenvalue weighted by molar-refractivity contribution is 5.93. The van der Waals surface area contributed by atoms with Crippen LogP contribution in [0.3, 0.4) is 0 Å². The fourth-order valence-electron chi connectivity index (χ4n) is 9.81. The second kappa shape index (κ2) is 9.76. The number of aliphatic hydroxyl groups excluding tert-OH is 2. The standard InChI is InChI=1S/C29H48N2O6/c1-17-6-9-29-10-7-21(36-5)23(29)28(17,4)22(14-27(3,11-13-32)24(33)18(29)2)37-26(35)30-25(34)20-16-31-12-8-19(20)15-31/h17-24,32-33H,6-16H2,1-5H3,(H,30,34,35)/t17-,18+,19-,20+,21-,22-,23?,24+,27-,28+,29?/m1/s1. The summed E-state index contributed by atoms with van der Waals surface area (Å²) in [6.07, 6.45) is 3.97. The van der Waals surface area contributed by atoms with E-state index in [1.54, 1.807) is 7.11 Å². The summed E-state index contributed by atoms with van der Waals surface area (Å²) < 4.78 is 12.4. The zero-order valence-electron chi connectivity index (χ0n) is 23.4. The summed E-state index contributed by atoms with van der Waals surface area (Å²) in [5.41, 5.74) is -1.13. The highest BCUT2D eigenvalue weighted by atomic mass is 16.6. The van der Waals surface area contributed by atoms with Gasteiger partial charge in [0.2, 0.25) is 5.91 Å². The van der Waals surface area contributed by atoms with Crippen LogP contribution in [0.1, 0.15) is 72.6 Å². The summed E-state index contributed by atoms with van der Waals surface area (Å²) in [6, 6.07) is 0. The number of piperidine rings is 1. The van der Waals surface area contributed by atoms with Crippen molar-refractivity contribution in [1.82, 2.24) is 10.2 Å². The van der Waals surface area contributed by atoms with Gasteiger partial charge in [-0.3, -0.25) is 10.1 Å². The van der Waals surface area contributed by atoms with E-state index < -0.39 is 23.7 Å². The van der Waals surface area contributed by atoms with Gasteiger partial charge in [0.05, 0.1) is 18.1 Å². The molecule has 210 valence electrons. The van der Waals surface area contributed by atoms with Gasteiger partial charge >= 0.3 is 6.09 Å². The van der Waals surface area contributed by atoms with Crippen molar-refractivity contribution in [2.45, 2.75) is 91.0 Å². The van der Waals surface area contributed by atoms with Crippen molar-refractivity contribution in [3.05, 3.63) is 0 Å². The van der Waals surface area contributed by atoms with E-state index in [1.807, 2.05) is 6.92 Å². The molecule has 5 rings (SSSR count). The molecule has 12 atom stereocenters. The second-order valence-electron chi connectivity index (χ2n) is 13.7. The molecule has 0 aromatic rings. The Morgan fingerprint density at radius 2 is 1.84 bits per heavy atom. The minimum atomic E-state index is -0.682. The number of nitrogens with zero attached hydrogens (tertiary/aromatic N) is 1. The number of rotatable bonds is 5. The number of aliphatic hydroxyl groups is 2. The molecule has 0 aromatic carbocycles. The first-order valence-corrected chi connectivity index (χ1v) is 14.6. The maximum Gasteiger partial charge on any atom is 0.414 e. The number of carbonyl (C=O) groups is 2. The predicted molar refractivity (Wildman–Crippen MR) is 139 cm³/mol. The number of ether oxygens (including phenoxy) is 2. The van der Waals surface area contributed by atoms with Crippen LogP contribution in [-0.4, -0.2) is 78.8 Å². The molecule has 0 aromatic heterocycles. The Balaban J connectivity index is 1.47. The van der Waals surface area contributed by atoms with Gasteiger partial charge < -0.3 is 24.6 Å². The van der Waals surface area contributed by atoms with Crippen LogP contribution in [0.15, 0.2) is 0 Å². The SMILES string of the molecule is CO[C@@H]1CCC23CC[C@@H](C)[C@](C)(C12)[C@H](OC(=O)NC(=O)[C@H]1CN2CC[C@@H]1C2)C[C@@](C)(CCO)[C@@H](O)[C@@H]3C. The first kappa shape index (κ1) is 27.4. The molecule has 8 nitrogen and oxygen atoms in total. The average Bonchev–Trinajstić information content (AvgIpc) is 3.59. The largest absolute Gasteiger partial charge is 0.445 e. The molecule has 8 heteroatoms. The molecule has 2 heterocycles. The number of imide groups is 1. The third-order valence-corrected chi connectivity index (χ3v) is 12.2. The van der Waals surface area contributed by atoms with Gasteiger partial charge in [-0.1, -0.05) is 27.7 Å². The van der Waals surface area contributed by atoms with Crippen molar-refractivity contribution >= 4 is 12.0 Å². The molecule has 37 heavy (non-hydrogen) atoms. The van der Waals surface area contributed by atoms with E-state index in [4.69, 9.17) is 9.47 Å². The maximum absolute atomic E-state index is 13.3. The van der Waals surface area contributed by atoms with Crippen LogP contribution in [0.5, 0.6) is 0 Å². The van der Waals surface area contributed by atoms with E-state index in [-0.39, 0.29) is 53.1 Å². The van der Waals surface area contributed by atoms with E-state index in [2.05, 4.69) is 31.0 Å². The highest BCUT2D eigenvalue weighted by Gasteiger charge is 2.68. The summed E-state index contributed by atoms with van der Waals surface area (Å²) in [5, 5.41) is 24.4. The van der Waals surface area contributed by atoms with Crippen molar-refractivity contribution < 1.29 is 29.3 Å². The van der Waals surface area contributed by atoms with Crippen LogP contribution in [0.25, 0.3) is 0 Å². The quantitative estimate of drug-likeness (QED) is 0.511. The Hall–Kier alpha value is -1.22. The molecule has 2 saturated heterocycles. The lowest BCUT2D eigenvalue weighted by atomic mass is 9.43. The predicted octanol–water partition coefficient (Wildman–Crippen LogP) is 3.20. The molecule has 2 amide bonds. The van der Waals surface area contributed by atoms with Crippen LogP contribution in [-0.2, 0) is 14.3 Å². The lowest BCUT2D eigenvalue weighted by Gasteiger charge is -2.63. The van der Waals surface area contributed by atoms with Crippen LogP contribution in [0, 0.1) is 45.8 Å². The van der Waals surface area contributed by atoms with Crippen LogP contribution < -0.4 is 5.32 Å². The summed E-state index contributed by atoms with van der Waals surface area (Å²) in [7, 11) is 1.77.